The van der Waals surface area contributed by atoms with Crippen LogP contribution in [0.3, 0.4) is 0 Å². The van der Waals surface area contributed by atoms with E-state index in [-0.39, 0.29) is 19.3 Å². The van der Waals surface area contributed by atoms with Gasteiger partial charge in [-0.25, -0.2) is 4.79 Å². The van der Waals surface area contributed by atoms with Crippen LogP contribution in [0.1, 0.15) is 24.8 Å². The summed E-state index contributed by atoms with van der Waals surface area (Å²) in [5.41, 5.74) is 1.01. The number of carbonyl (C=O) groups excluding carboxylic acids is 3. The summed E-state index contributed by atoms with van der Waals surface area (Å²) in [6.45, 7) is 0. The molecule has 0 bridgehead atoms. The first-order chi connectivity index (χ1) is 9.06. The second kappa shape index (κ2) is 6.14. The molecule has 0 aliphatic carbocycles. The number of amides is 2. The van der Waals surface area contributed by atoms with Gasteiger partial charge in [0.1, 0.15) is 0 Å². The SMILES string of the molecule is O=C(CCc1ccc([123I])cc1)ON1C(=O)CCC1=O. The number of hydroxylamine groups is 2. The molecule has 1 aromatic rings. The first-order valence-electron chi connectivity index (χ1n) is 5.87. The Labute approximate surface area is 124 Å². The summed E-state index contributed by atoms with van der Waals surface area (Å²) in [6.07, 6.45) is 0.885. The lowest BCUT2D eigenvalue weighted by Crippen LogP contribution is -2.32. The lowest BCUT2D eigenvalue weighted by atomic mass is 10.1. The molecule has 2 rings (SSSR count). The number of benzene rings is 1. The maximum atomic E-state index is 11.6. The zero-order valence-corrected chi connectivity index (χ0v) is 12.3. The Kier molecular flexibility index (Phi) is 4.52. The summed E-state index contributed by atoms with van der Waals surface area (Å²) < 4.78 is 1.12. The number of rotatable bonds is 4. The fraction of sp³-hybridized carbons (Fsp3) is 0.308. The van der Waals surface area contributed by atoms with E-state index >= 15 is 0 Å². The molecule has 5 nitrogen and oxygen atoms in total. The number of nitrogens with zero attached hydrogens (tertiary/aromatic N) is 1. The smallest absolute Gasteiger partial charge is 0.330 e. The van der Waals surface area contributed by atoms with Crippen LogP contribution >= 0.6 is 22.6 Å². The molecule has 1 aromatic carbocycles. The predicted octanol–water partition coefficient (Wildman–Crippen LogP) is 1.83. The molecule has 0 spiro atoms. The first kappa shape index (κ1) is 14.0. The molecular weight excluding hydrogens is 357 g/mol. The van der Waals surface area contributed by atoms with Gasteiger partial charge in [-0.3, -0.25) is 9.59 Å². The van der Waals surface area contributed by atoms with Gasteiger partial charge in [0, 0.05) is 16.4 Å². The van der Waals surface area contributed by atoms with Crippen molar-refractivity contribution in [2.24, 2.45) is 0 Å². The summed E-state index contributed by atoms with van der Waals surface area (Å²) in [6, 6.07) is 7.77. The van der Waals surface area contributed by atoms with Crippen LogP contribution in [0, 0.1) is 3.57 Å². The zero-order chi connectivity index (χ0) is 13.8. The average Bonchev–Trinajstić information content (AvgIpc) is 2.70. The van der Waals surface area contributed by atoms with Gasteiger partial charge in [0.15, 0.2) is 0 Å². The molecule has 1 heterocycles. The molecule has 0 saturated carbocycles. The molecule has 2 amide bonds. The Bertz CT molecular complexity index is 496. The summed E-state index contributed by atoms with van der Waals surface area (Å²) in [4.78, 5) is 38.9. The molecule has 0 N–H and O–H groups in total. The Morgan fingerprint density at radius 2 is 1.74 bits per heavy atom. The molecule has 1 aliphatic heterocycles. The van der Waals surface area contributed by atoms with E-state index in [0.717, 1.165) is 9.13 Å². The van der Waals surface area contributed by atoms with Crippen molar-refractivity contribution in [2.75, 3.05) is 0 Å². The van der Waals surface area contributed by atoms with Crippen LogP contribution in [0.4, 0.5) is 0 Å². The van der Waals surface area contributed by atoms with E-state index in [0.29, 0.717) is 11.5 Å². The second-order valence-electron chi connectivity index (χ2n) is 4.17. The van der Waals surface area contributed by atoms with E-state index in [4.69, 9.17) is 4.84 Å². The standard InChI is InChI=1S/C13H12INO4/c14-10-4-1-9(2-5-10)3-8-13(18)19-15-11(16)6-7-12(15)17/h1-2,4-5H,3,6-8H2/i14-4. The molecule has 1 saturated heterocycles. The monoisotopic (exact) mass is 369 g/mol. The third-order valence-electron chi connectivity index (χ3n) is 2.73. The average molecular weight is 369 g/mol. The van der Waals surface area contributed by atoms with Crippen molar-refractivity contribution in [3.8, 4) is 0 Å². The highest BCUT2D eigenvalue weighted by Gasteiger charge is 2.32. The van der Waals surface area contributed by atoms with E-state index in [1.54, 1.807) is 0 Å². The normalized spacial score (nSPS) is 14.9. The molecule has 0 atom stereocenters. The first-order valence-corrected chi connectivity index (χ1v) is 6.95. The molecule has 0 radical (unpaired) electrons. The number of imide groups is 1. The zero-order valence-electron chi connectivity index (χ0n) is 10.1. The van der Waals surface area contributed by atoms with Crippen molar-refractivity contribution in [1.82, 2.24) is 5.06 Å². The summed E-state index contributed by atoms with van der Waals surface area (Å²) in [7, 11) is 0. The molecule has 1 fully saturated rings. The van der Waals surface area contributed by atoms with E-state index in [9.17, 15) is 14.4 Å². The van der Waals surface area contributed by atoms with Crippen LogP contribution in [0.2, 0.25) is 0 Å². The van der Waals surface area contributed by atoms with Crippen molar-refractivity contribution >= 4 is 40.4 Å². The maximum Gasteiger partial charge on any atom is 0.333 e. The third kappa shape index (κ3) is 3.76. The van der Waals surface area contributed by atoms with Gasteiger partial charge in [-0.1, -0.05) is 12.1 Å². The second-order valence-corrected chi connectivity index (χ2v) is 5.42. The van der Waals surface area contributed by atoms with Crippen molar-refractivity contribution in [1.29, 1.82) is 0 Å². The molecular formula is C13H12INO4. The van der Waals surface area contributed by atoms with Crippen molar-refractivity contribution in [3.63, 3.8) is 0 Å². The minimum absolute atomic E-state index is 0.114. The fourth-order valence-electron chi connectivity index (χ4n) is 1.70. The van der Waals surface area contributed by atoms with Crippen molar-refractivity contribution < 1.29 is 19.2 Å². The lowest BCUT2D eigenvalue weighted by Gasteiger charge is -2.12. The lowest BCUT2D eigenvalue weighted by molar-refractivity contribution is -0.197. The van der Waals surface area contributed by atoms with Gasteiger partial charge in [-0.05, 0) is 46.7 Å². The minimum atomic E-state index is -0.567. The number of hydrogen-bond acceptors (Lipinski definition) is 4. The molecule has 100 valence electrons. The van der Waals surface area contributed by atoms with Crippen LogP contribution in [0.15, 0.2) is 24.3 Å². The van der Waals surface area contributed by atoms with Gasteiger partial charge in [0.2, 0.25) is 0 Å². The molecule has 0 aromatic heterocycles. The van der Waals surface area contributed by atoms with E-state index in [2.05, 4.69) is 22.6 Å². The number of halogens is 1. The summed E-state index contributed by atoms with van der Waals surface area (Å²) >= 11 is 2.20. The van der Waals surface area contributed by atoms with Crippen LogP contribution in [0.25, 0.3) is 0 Å². The van der Waals surface area contributed by atoms with Gasteiger partial charge in [-0.2, -0.15) is 0 Å². The number of carbonyl (C=O) groups is 3. The van der Waals surface area contributed by atoms with E-state index in [1.807, 2.05) is 24.3 Å². The predicted molar refractivity (Wildman–Crippen MR) is 74.7 cm³/mol. The Morgan fingerprint density at radius 1 is 1.16 bits per heavy atom. The minimum Gasteiger partial charge on any atom is -0.330 e. The highest BCUT2D eigenvalue weighted by Crippen LogP contribution is 2.14. The van der Waals surface area contributed by atoms with Crippen LogP contribution in [-0.4, -0.2) is 22.8 Å². The van der Waals surface area contributed by atoms with Gasteiger partial charge in [-0.15, -0.1) is 5.06 Å². The molecule has 19 heavy (non-hydrogen) atoms. The largest absolute Gasteiger partial charge is 0.333 e. The Morgan fingerprint density at radius 3 is 2.32 bits per heavy atom. The molecule has 0 unspecified atom stereocenters. The quantitative estimate of drug-likeness (QED) is 0.600. The molecule has 1 aliphatic rings. The van der Waals surface area contributed by atoms with E-state index in [1.165, 1.54) is 0 Å². The Balaban J connectivity index is 1.83. The van der Waals surface area contributed by atoms with Crippen molar-refractivity contribution in [2.45, 2.75) is 25.7 Å². The summed E-state index contributed by atoms with van der Waals surface area (Å²) in [5.74, 6) is -1.47. The van der Waals surface area contributed by atoms with Crippen molar-refractivity contribution in [3.05, 3.63) is 33.4 Å². The highest BCUT2D eigenvalue weighted by molar-refractivity contribution is 14.1. The number of aryl methyl sites for hydroxylation is 1. The maximum absolute atomic E-state index is 11.6. The van der Waals surface area contributed by atoms with Crippen LogP contribution in [-0.2, 0) is 25.6 Å². The highest BCUT2D eigenvalue weighted by atomic mass is 123. The topological polar surface area (TPSA) is 63.7 Å². The Hall–Kier alpha value is -1.44. The van der Waals surface area contributed by atoms with E-state index < -0.39 is 17.8 Å². The molecule has 6 heteroatoms. The summed E-state index contributed by atoms with van der Waals surface area (Å²) in [5, 5.41) is 0.580. The van der Waals surface area contributed by atoms with Gasteiger partial charge in [0.25, 0.3) is 11.8 Å². The fourth-order valence-corrected chi connectivity index (χ4v) is 2.06. The van der Waals surface area contributed by atoms with Gasteiger partial charge in [0.05, 0.1) is 6.42 Å². The van der Waals surface area contributed by atoms with Gasteiger partial charge >= 0.3 is 5.97 Å². The van der Waals surface area contributed by atoms with Crippen LogP contribution in [0.5, 0.6) is 0 Å². The number of hydrogen-bond donors (Lipinski definition) is 0. The third-order valence-corrected chi connectivity index (χ3v) is 3.45. The van der Waals surface area contributed by atoms with Crippen LogP contribution < -0.4 is 0 Å². The van der Waals surface area contributed by atoms with Gasteiger partial charge < -0.3 is 4.84 Å².